The third kappa shape index (κ3) is 3.93. The van der Waals surface area contributed by atoms with E-state index in [1.54, 1.807) is 13.1 Å². The normalized spacial score (nSPS) is 23.4. The van der Waals surface area contributed by atoms with E-state index in [0.29, 0.717) is 0 Å². The van der Waals surface area contributed by atoms with Crippen LogP contribution in [0.25, 0.3) is 5.69 Å². The topological polar surface area (TPSA) is 56.2 Å². The summed E-state index contributed by atoms with van der Waals surface area (Å²) in [6.07, 6.45) is 6.46. The molecule has 1 aliphatic rings. The van der Waals surface area contributed by atoms with Gasteiger partial charge in [0.2, 0.25) is 5.91 Å². The summed E-state index contributed by atoms with van der Waals surface area (Å²) in [5, 5.41) is 7.52. The van der Waals surface area contributed by atoms with E-state index in [-0.39, 0.29) is 24.2 Å². The molecular weight excluding hydrogens is 314 g/mol. The van der Waals surface area contributed by atoms with Crippen LogP contribution in [0.1, 0.15) is 55.9 Å². The molecule has 0 spiro atoms. The number of carbonyl (C=O) groups excluding carboxylic acids is 1. The van der Waals surface area contributed by atoms with Gasteiger partial charge in [-0.05, 0) is 44.7 Å². The Kier molecular flexibility index (Phi) is 5.23. The van der Waals surface area contributed by atoms with Crippen LogP contribution in [0.2, 0.25) is 0 Å². The van der Waals surface area contributed by atoms with Crippen molar-refractivity contribution in [3.8, 4) is 5.69 Å². The quantitative estimate of drug-likeness (QED) is 0.924. The number of nitrogens with zero attached hydrogens (tertiary/aromatic N) is 2. The third-order valence-corrected chi connectivity index (χ3v) is 4.82. The third-order valence-electron chi connectivity index (χ3n) is 4.82. The summed E-state index contributed by atoms with van der Waals surface area (Å²) in [6, 6.07) is 6.44. The number of amides is 1. The molecule has 1 aromatic heterocycles. The second-order valence-electron chi connectivity index (χ2n) is 6.99. The van der Waals surface area contributed by atoms with E-state index in [0.717, 1.165) is 30.5 Å². The summed E-state index contributed by atoms with van der Waals surface area (Å²) in [7, 11) is 0. The van der Waals surface area contributed by atoms with Crippen molar-refractivity contribution in [3.63, 3.8) is 0 Å². The minimum absolute atomic E-state index is 0.0215. The highest BCUT2D eigenvalue weighted by Crippen LogP contribution is 2.37. The number of aromatic nitrogens is 2. The zero-order valence-electron chi connectivity index (χ0n) is 15.5. The van der Waals surface area contributed by atoms with Crippen LogP contribution in [0.5, 0.6) is 0 Å². The van der Waals surface area contributed by atoms with E-state index in [2.05, 4.69) is 43.3 Å². The smallest absolute Gasteiger partial charge is 0.217 e. The van der Waals surface area contributed by atoms with Crippen molar-refractivity contribution in [1.29, 1.82) is 0 Å². The lowest BCUT2D eigenvalue weighted by Crippen LogP contribution is -2.42. The summed E-state index contributed by atoms with van der Waals surface area (Å²) in [5.41, 5.74) is 4.62. The number of rotatable bonds is 4. The van der Waals surface area contributed by atoms with Crippen molar-refractivity contribution >= 4 is 5.91 Å². The van der Waals surface area contributed by atoms with E-state index >= 15 is 0 Å². The Morgan fingerprint density at radius 1 is 1.36 bits per heavy atom. The maximum absolute atomic E-state index is 11.5. The molecule has 25 heavy (non-hydrogen) atoms. The van der Waals surface area contributed by atoms with Gasteiger partial charge in [-0.25, -0.2) is 4.68 Å². The highest BCUT2D eigenvalue weighted by atomic mass is 16.5. The SMILES string of the molecule is CC[C@H]1C[C@@H](NC(C)=O)C[C@@H](c2cc(C)cc(C)c2-n2cccn2)O1. The first-order chi connectivity index (χ1) is 12.0. The molecule has 3 atom stereocenters. The van der Waals surface area contributed by atoms with Gasteiger partial charge in [0.25, 0.3) is 0 Å². The molecule has 1 aromatic carbocycles. The largest absolute Gasteiger partial charge is 0.370 e. The van der Waals surface area contributed by atoms with Crippen LogP contribution in [-0.2, 0) is 9.53 Å². The van der Waals surface area contributed by atoms with Gasteiger partial charge < -0.3 is 10.1 Å². The van der Waals surface area contributed by atoms with Crippen molar-refractivity contribution in [1.82, 2.24) is 15.1 Å². The fraction of sp³-hybridized carbons (Fsp3) is 0.500. The van der Waals surface area contributed by atoms with E-state index in [4.69, 9.17) is 4.74 Å². The van der Waals surface area contributed by atoms with Crippen molar-refractivity contribution in [2.45, 2.75) is 65.2 Å². The van der Waals surface area contributed by atoms with E-state index in [9.17, 15) is 4.79 Å². The number of benzene rings is 1. The van der Waals surface area contributed by atoms with Crippen LogP contribution in [0, 0.1) is 13.8 Å². The Morgan fingerprint density at radius 2 is 2.16 bits per heavy atom. The minimum atomic E-state index is -0.0478. The van der Waals surface area contributed by atoms with Gasteiger partial charge in [-0.2, -0.15) is 5.10 Å². The highest BCUT2D eigenvalue weighted by Gasteiger charge is 2.32. The Morgan fingerprint density at radius 3 is 2.80 bits per heavy atom. The van der Waals surface area contributed by atoms with Gasteiger partial charge in [0.15, 0.2) is 0 Å². The molecule has 1 saturated heterocycles. The maximum Gasteiger partial charge on any atom is 0.217 e. The second kappa shape index (κ2) is 7.40. The molecule has 1 N–H and O–H groups in total. The predicted octanol–water partition coefficient (Wildman–Crippen LogP) is 3.62. The molecule has 5 heteroatoms. The van der Waals surface area contributed by atoms with Crippen LogP contribution in [0.15, 0.2) is 30.6 Å². The number of hydrogen-bond acceptors (Lipinski definition) is 3. The Hall–Kier alpha value is -2.14. The number of aryl methyl sites for hydroxylation is 2. The van der Waals surface area contributed by atoms with Crippen LogP contribution < -0.4 is 5.32 Å². The van der Waals surface area contributed by atoms with Gasteiger partial charge in [-0.3, -0.25) is 4.79 Å². The molecule has 0 radical (unpaired) electrons. The lowest BCUT2D eigenvalue weighted by atomic mass is 9.90. The van der Waals surface area contributed by atoms with Crippen LogP contribution in [0.4, 0.5) is 0 Å². The maximum atomic E-state index is 11.5. The minimum Gasteiger partial charge on any atom is -0.370 e. The Labute approximate surface area is 149 Å². The van der Waals surface area contributed by atoms with E-state index in [1.165, 1.54) is 11.1 Å². The number of carbonyl (C=O) groups is 1. The molecular formula is C20H27N3O2. The Balaban J connectivity index is 2.00. The average Bonchev–Trinajstić information content (AvgIpc) is 3.07. The molecule has 0 aliphatic carbocycles. The summed E-state index contributed by atoms with van der Waals surface area (Å²) in [4.78, 5) is 11.5. The molecule has 2 heterocycles. The zero-order chi connectivity index (χ0) is 18.0. The zero-order valence-corrected chi connectivity index (χ0v) is 15.5. The van der Waals surface area contributed by atoms with Crippen LogP contribution in [0.3, 0.4) is 0 Å². The standard InChI is InChI=1S/C20H27N3O2/c1-5-17-11-16(22-15(4)24)12-19(25-17)18-10-13(2)9-14(3)20(18)23-8-6-7-21-23/h6-10,16-17,19H,5,11-12H2,1-4H3,(H,22,24)/t16-,17+,19+/m1/s1. The first-order valence-electron chi connectivity index (χ1n) is 9.01. The van der Waals surface area contributed by atoms with E-state index < -0.39 is 0 Å². The fourth-order valence-corrected chi connectivity index (χ4v) is 3.84. The Bertz CT molecular complexity index is 740. The van der Waals surface area contributed by atoms with Crippen LogP contribution >= 0.6 is 0 Å². The molecule has 1 amide bonds. The van der Waals surface area contributed by atoms with Crippen molar-refractivity contribution in [2.75, 3.05) is 0 Å². The lowest BCUT2D eigenvalue weighted by molar-refractivity contribution is -0.122. The first-order valence-corrected chi connectivity index (χ1v) is 9.01. The fourth-order valence-electron chi connectivity index (χ4n) is 3.84. The van der Waals surface area contributed by atoms with Gasteiger partial charge in [0.05, 0.1) is 17.9 Å². The van der Waals surface area contributed by atoms with Crippen molar-refractivity contribution in [3.05, 3.63) is 47.3 Å². The van der Waals surface area contributed by atoms with Gasteiger partial charge >= 0.3 is 0 Å². The number of ether oxygens (including phenoxy) is 1. The van der Waals surface area contributed by atoms with Gasteiger partial charge in [-0.15, -0.1) is 0 Å². The lowest BCUT2D eigenvalue weighted by Gasteiger charge is -2.36. The summed E-state index contributed by atoms with van der Waals surface area (Å²) >= 11 is 0. The molecule has 0 saturated carbocycles. The molecule has 5 nitrogen and oxygen atoms in total. The van der Waals surface area contributed by atoms with E-state index in [1.807, 2.05) is 16.9 Å². The van der Waals surface area contributed by atoms with Crippen molar-refractivity contribution < 1.29 is 9.53 Å². The molecule has 2 aromatic rings. The molecule has 1 aliphatic heterocycles. The number of nitrogens with one attached hydrogen (secondary N) is 1. The molecule has 1 fully saturated rings. The number of hydrogen-bond donors (Lipinski definition) is 1. The average molecular weight is 341 g/mol. The van der Waals surface area contributed by atoms with Crippen molar-refractivity contribution in [2.24, 2.45) is 0 Å². The second-order valence-corrected chi connectivity index (χ2v) is 6.99. The first kappa shape index (κ1) is 17.7. The summed E-state index contributed by atoms with van der Waals surface area (Å²) in [6.45, 7) is 7.93. The molecule has 0 bridgehead atoms. The van der Waals surface area contributed by atoms with Crippen LogP contribution in [-0.4, -0.2) is 27.8 Å². The van der Waals surface area contributed by atoms with Gasteiger partial charge in [-0.1, -0.05) is 24.6 Å². The molecule has 3 rings (SSSR count). The summed E-state index contributed by atoms with van der Waals surface area (Å²) < 4.78 is 8.30. The monoisotopic (exact) mass is 341 g/mol. The van der Waals surface area contributed by atoms with Gasteiger partial charge in [0.1, 0.15) is 0 Å². The predicted molar refractivity (Wildman–Crippen MR) is 97.8 cm³/mol. The molecule has 134 valence electrons. The summed E-state index contributed by atoms with van der Waals surface area (Å²) in [5.74, 6) is 0.0215. The van der Waals surface area contributed by atoms with Gasteiger partial charge in [0, 0.05) is 30.9 Å². The molecule has 0 unspecified atom stereocenters. The highest BCUT2D eigenvalue weighted by molar-refractivity contribution is 5.73.